The van der Waals surface area contributed by atoms with Crippen LogP contribution in [-0.4, -0.2) is 17.5 Å². The smallest absolute Gasteiger partial charge is 0.263 e. The van der Waals surface area contributed by atoms with Crippen LogP contribution in [0.25, 0.3) is 0 Å². The van der Waals surface area contributed by atoms with Gasteiger partial charge in [-0.2, -0.15) is 0 Å². The molecule has 0 atom stereocenters. The van der Waals surface area contributed by atoms with Gasteiger partial charge in [0.1, 0.15) is 5.56 Å². The highest BCUT2D eigenvalue weighted by Crippen LogP contribution is 2.06. The van der Waals surface area contributed by atoms with E-state index >= 15 is 0 Å². The standard InChI is InChI=1S/C15H16N2O3/c16-14(18)12-8-9-13(17-15(12)19)20-10-4-7-11-5-2-1-3-6-11/h1-3,5-6,8-9H,4,7,10H2,(H2,16,18)(H,17,19). The predicted octanol–water partition coefficient (Wildman–Crippen LogP) is 1.49. The Morgan fingerprint density at radius 2 is 1.90 bits per heavy atom. The molecule has 1 heterocycles. The van der Waals surface area contributed by atoms with Gasteiger partial charge in [0.2, 0.25) is 0 Å². The highest BCUT2D eigenvalue weighted by atomic mass is 16.5. The van der Waals surface area contributed by atoms with E-state index in [2.05, 4.69) is 17.1 Å². The van der Waals surface area contributed by atoms with Gasteiger partial charge in [-0.1, -0.05) is 30.3 Å². The molecule has 0 fully saturated rings. The molecule has 20 heavy (non-hydrogen) atoms. The number of aromatic amines is 1. The largest absolute Gasteiger partial charge is 0.479 e. The maximum Gasteiger partial charge on any atom is 0.263 e. The molecule has 0 aliphatic rings. The van der Waals surface area contributed by atoms with Gasteiger partial charge in [-0.3, -0.25) is 14.6 Å². The van der Waals surface area contributed by atoms with E-state index in [0.717, 1.165) is 12.8 Å². The fourth-order valence-electron chi connectivity index (χ4n) is 1.84. The van der Waals surface area contributed by atoms with E-state index < -0.39 is 11.5 Å². The molecule has 0 spiro atoms. The third-order valence-corrected chi connectivity index (χ3v) is 2.86. The second-order valence-electron chi connectivity index (χ2n) is 4.37. The molecule has 0 bridgehead atoms. The normalized spacial score (nSPS) is 10.2. The summed E-state index contributed by atoms with van der Waals surface area (Å²) >= 11 is 0. The number of benzene rings is 1. The minimum atomic E-state index is -0.748. The summed E-state index contributed by atoms with van der Waals surface area (Å²) in [4.78, 5) is 24.9. The number of hydrogen-bond donors (Lipinski definition) is 2. The summed E-state index contributed by atoms with van der Waals surface area (Å²) in [5, 5.41) is 0. The van der Waals surface area contributed by atoms with E-state index in [1.165, 1.54) is 17.7 Å². The quantitative estimate of drug-likeness (QED) is 0.781. The maximum atomic E-state index is 11.5. The molecule has 0 unspecified atom stereocenters. The summed E-state index contributed by atoms with van der Waals surface area (Å²) in [5.41, 5.74) is 5.70. The van der Waals surface area contributed by atoms with Crippen molar-refractivity contribution < 1.29 is 9.53 Å². The Balaban J connectivity index is 1.84. The predicted molar refractivity (Wildman–Crippen MR) is 75.8 cm³/mol. The van der Waals surface area contributed by atoms with Crippen molar-refractivity contribution in [3.63, 3.8) is 0 Å². The first-order chi connectivity index (χ1) is 9.66. The zero-order valence-electron chi connectivity index (χ0n) is 11.0. The molecule has 1 amide bonds. The molecular weight excluding hydrogens is 256 g/mol. The monoisotopic (exact) mass is 272 g/mol. The van der Waals surface area contributed by atoms with Crippen LogP contribution in [-0.2, 0) is 6.42 Å². The highest BCUT2D eigenvalue weighted by Gasteiger charge is 2.06. The van der Waals surface area contributed by atoms with Crippen LogP contribution in [0.15, 0.2) is 47.3 Å². The van der Waals surface area contributed by atoms with Crippen LogP contribution >= 0.6 is 0 Å². The molecule has 0 radical (unpaired) electrons. The number of aromatic nitrogens is 1. The SMILES string of the molecule is NC(=O)c1ccc(OCCCc2ccccc2)[nH]c1=O. The molecule has 5 nitrogen and oxygen atoms in total. The Morgan fingerprint density at radius 3 is 2.55 bits per heavy atom. The third kappa shape index (κ3) is 3.71. The molecule has 0 saturated heterocycles. The number of aryl methyl sites for hydroxylation is 1. The van der Waals surface area contributed by atoms with Crippen LogP contribution in [0.2, 0.25) is 0 Å². The zero-order valence-corrected chi connectivity index (χ0v) is 11.0. The van der Waals surface area contributed by atoms with Crippen molar-refractivity contribution in [3.8, 4) is 5.88 Å². The summed E-state index contributed by atoms with van der Waals surface area (Å²) in [6.07, 6.45) is 1.74. The van der Waals surface area contributed by atoms with Crippen LogP contribution in [0.5, 0.6) is 5.88 Å². The number of H-pyrrole nitrogens is 1. The van der Waals surface area contributed by atoms with Crippen molar-refractivity contribution in [2.75, 3.05) is 6.61 Å². The van der Waals surface area contributed by atoms with E-state index in [-0.39, 0.29) is 5.56 Å². The molecule has 104 valence electrons. The fourth-order valence-corrected chi connectivity index (χ4v) is 1.84. The van der Waals surface area contributed by atoms with E-state index in [4.69, 9.17) is 10.5 Å². The molecule has 5 heteroatoms. The lowest BCUT2D eigenvalue weighted by Gasteiger charge is -2.06. The third-order valence-electron chi connectivity index (χ3n) is 2.86. The molecular formula is C15H16N2O3. The summed E-state index contributed by atoms with van der Waals surface area (Å²) in [5.74, 6) is -0.407. The second kappa shape index (κ2) is 6.56. The van der Waals surface area contributed by atoms with E-state index in [1.54, 1.807) is 0 Å². The molecule has 2 aromatic rings. The van der Waals surface area contributed by atoms with E-state index in [9.17, 15) is 9.59 Å². The van der Waals surface area contributed by atoms with Crippen LogP contribution in [0.1, 0.15) is 22.3 Å². The van der Waals surface area contributed by atoms with Crippen LogP contribution < -0.4 is 16.0 Å². The van der Waals surface area contributed by atoms with Crippen molar-refractivity contribution in [2.24, 2.45) is 5.73 Å². The second-order valence-corrected chi connectivity index (χ2v) is 4.37. The number of nitrogens with one attached hydrogen (secondary N) is 1. The minimum Gasteiger partial charge on any atom is -0.479 e. The number of amides is 1. The summed E-state index contributed by atoms with van der Waals surface area (Å²) in [6, 6.07) is 13.0. The number of carbonyl (C=O) groups excluding carboxylic acids is 1. The van der Waals surface area contributed by atoms with Crippen LogP contribution in [0.3, 0.4) is 0 Å². The number of carbonyl (C=O) groups is 1. The van der Waals surface area contributed by atoms with Crippen LogP contribution in [0, 0.1) is 0 Å². The Kier molecular flexibility index (Phi) is 4.55. The molecule has 3 N–H and O–H groups in total. The Morgan fingerprint density at radius 1 is 1.15 bits per heavy atom. The van der Waals surface area contributed by atoms with Gasteiger partial charge >= 0.3 is 0 Å². The molecule has 1 aromatic carbocycles. The van der Waals surface area contributed by atoms with Crippen molar-refractivity contribution in [3.05, 3.63) is 63.9 Å². The first kappa shape index (κ1) is 13.9. The Bertz CT molecular complexity index is 635. The molecule has 2 rings (SSSR count). The summed E-state index contributed by atoms with van der Waals surface area (Å²) in [6.45, 7) is 0.487. The lowest BCUT2D eigenvalue weighted by Crippen LogP contribution is -2.23. The van der Waals surface area contributed by atoms with Gasteiger partial charge < -0.3 is 10.5 Å². The average molecular weight is 272 g/mol. The number of hydrogen-bond acceptors (Lipinski definition) is 3. The highest BCUT2D eigenvalue weighted by molar-refractivity contribution is 5.92. The van der Waals surface area contributed by atoms with Crippen LogP contribution in [0.4, 0.5) is 0 Å². The van der Waals surface area contributed by atoms with Crippen molar-refractivity contribution in [1.29, 1.82) is 0 Å². The number of ether oxygens (including phenoxy) is 1. The van der Waals surface area contributed by atoms with Crippen molar-refractivity contribution >= 4 is 5.91 Å². The topological polar surface area (TPSA) is 85.2 Å². The van der Waals surface area contributed by atoms with Gasteiger partial charge in [-0.15, -0.1) is 0 Å². The fraction of sp³-hybridized carbons (Fsp3) is 0.200. The van der Waals surface area contributed by atoms with Crippen molar-refractivity contribution in [1.82, 2.24) is 4.98 Å². The van der Waals surface area contributed by atoms with Gasteiger partial charge in [-0.05, 0) is 30.5 Å². The first-order valence-electron chi connectivity index (χ1n) is 6.36. The Labute approximate surface area is 116 Å². The van der Waals surface area contributed by atoms with Gasteiger partial charge in [0.05, 0.1) is 6.61 Å². The molecule has 0 aliphatic carbocycles. The number of rotatable bonds is 6. The maximum absolute atomic E-state index is 11.5. The lowest BCUT2D eigenvalue weighted by atomic mass is 10.1. The van der Waals surface area contributed by atoms with Gasteiger partial charge in [0.15, 0.2) is 5.88 Å². The minimum absolute atomic E-state index is 0.0679. The van der Waals surface area contributed by atoms with Gasteiger partial charge in [-0.25, -0.2) is 0 Å². The molecule has 0 saturated carbocycles. The number of primary amides is 1. The van der Waals surface area contributed by atoms with E-state index in [0.29, 0.717) is 12.5 Å². The van der Waals surface area contributed by atoms with E-state index in [1.807, 2.05) is 18.2 Å². The lowest BCUT2D eigenvalue weighted by molar-refractivity contribution is 0.0998. The van der Waals surface area contributed by atoms with Crippen molar-refractivity contribution in [2.45, 2.75) is 12.8 Å². The Hall–Kier alpha value is -2.56. The zero-order chi connectivity index (χ0) is 14.4. The number of nitrogens with two attached hydrogens (primary N) is 1. The van der Waals surface area contributed by atoms with Gasteiger partial charge in [0.25, 0.3) is 11.5 Å². The first-order valence-corrected chi connectivity index (χ1v) is 6.36. The molecule has 0 aliphatic heterocycles. The molecule has 1 aromatic heterocycles. The average Bonchev–Trinajstić information content (AvgIpc) is 2.44. The summed E-state index contributed by atoms with van der Waals surface area (Å²) < 4.78 is 5.44. The number of pyridine rings is 1. The van der Waals surface area contributed by atoms with Gasteiger partial charge in [0, 0.05) is 0 Å². The summed E-state index contributed by atoms with van der Waals surface area (Å²) in [7, 11) is 0.